The van der Waals surface area contributed by atoms with Crippen molar-refractivity contribution in [2.24, 2.45) is 5.92 Å². The zero-order chi connectivity index (χ0) is 12.8. The van der Waals surface area contributed by atoms with E-state index in [0.29, 0.717) is 6.54 Å². The highest BCUT2D eigenvalue weighted by molar-refractivity contribution is 5.75. The first-order valence-electron chi connectivity index (χ1n) is 5.60. The van der Waals surface area contributed by atoms with Gasteiger partial charge in [-0.25, -0.2) is 4.39 Å². The Morgan fingerprint density at radius 1 is 1.47 bits per heavy atom. The molecule has 0 amide bonds. The molecule has 0 spiro atoms. The second kappa shape index (κ2) is 6.35. The van der Waals surface area contributed by atoms with E-state index in [1.54, 1.807) is 6.07 Å². The largest absolute Gasteiger partial charge is 0.468 e. The monoisotopic (exact) mass is 239 g/mol. The van der Waals surface area contributed by atoms with Crippen molar-refractivity contribution in [1.82, 2.24) is 5.32 Å². The van der Waals surface area contributed by atoms with Crippen LogP contribution in [0.2, 0.25) is 0 Å². The molecule has 0 aromatic heterocycles. The Morgan fingerprint density at radius 2 is 2.18 bits per heavy atom. The molecule has 0 bridgehead atoms. The van der Waals surface area contributed by atoms with Crippen LogP contribution in [-0.2, 0) is 16.1 Å². The summed E-state index contributed by atoms with van der Waals surface area (Å²) in [7, 11) is 1.36. The topological polar surface area (TPSA) is 38.3 Å². The van der Waals surface area contributed by atoms with Gasteiger partial charge in [-0.15, -0.1) is 0 Å². The summed E-state index contributed by atoms with van der Waals surface area (Å²) in [6.45, 7) is 4.30. The maximum absolute atomic E-state index is 13.0. The summed E-state index contributed by atoms with van der Waals surface area (Å²) < 4.78 is 17.7. The Hall–Kier alpha value is -1.42. The summed E-state index contributed by atoms with van der Waals surface area (Å²) in [6, 6.07) is 5.92. The zero-order valence-electron chi connectivity index (χ0n) is 10.4. The minimum Gasteiger partial charge on any atom is -0.468 e. The predicted octanol–water partition coefficient (Wildman–Crippen LogP) is 2.11. The summed E-state index contributed by atoms with van der Waals surface area (Å²) in [4.78, 5) is 11.5. The fourth-order valence-electron chi connectivity index (χ4n) is 1.59. The minimum absolute atomic E-state index is 0.121. The Bertz CT molecular complexity index is 379. The van der Waals surface area contributed by atoms with Crippen molar-refractivity contribution < 1.29 is 13.9 Å². The van der Waals surface area contributed by atoms with E-state index in [1.807, 2.05) is 19.9 Å². The van der Waals surface area contributed by atoms with E-state index < -0.39 is 0 Å². The second-order valence-electron chi connectivity index (χ2n) is 4.26. The molecular formula is C13H18FNO2. The van der Waals surface area contributed by atoms with Crippen molar-refractivity contribution in [3.8, 4) is 0 Å². The van der Waals surface area contributed by atoms with Gasteiger partial charge in [-0.2, -0.15) is 0 Å². The predicted molar refractivity (Wildman–Crippen MR) is 63.9 cm³/mol. The molecule has 0 unspecified atom stereocenters. The number of esters is 1. The number of hydrogen-bond acceptors (Lipinski definition) is 3. The minimum atomic E-state index is -0.372. The first kappa shape index (κ1) is 13.6. The van der Waals surface area contributed by atoms with Gasteiger partial charge in [0, 0.05) is 6.54 Å². The van der Waals surface area contributed by atoms with E-state index >= 15 is 0 Å². The van der Waals surface area contributed by atoms with E-state index in [9.17, 15) is 9.18 Å². The molecule has 1 rings (SSSR count). The van der Waals surface area contributed by atoms with Crippen molar-refractivity contribution >= 4 is 5.97 Å². The van der Waals surface area contributed by atoms with Crippen molar-refractivity contribution in [1.29, 1.82) is 0 Å². The number of benzene rings is 1. The van der Waals surface area contributed by atoms with E-state index in [2.05, 4.69) is 5.32 Å². The van der Waals surface area contributed by atoms with E-state index in [1.165, 1.54) is 19.2 Å². The average Bonchev–Trinajstić information content (AvgIpc) is 2.28. The summed E-state index contributed by atoms with van der Waals surface area (Å²) in [5.74, 6) is -0.448. The van der Waals surface area contributed by atoms with E-state index in [4.69, 9.17) is 4.74 Å². The molecule has 0 aliphatic heterocycles. The SMILES string of the molecule is COC(=O)[C@H](NCc1cccc(F)c1)C(C)C. The first-order valence-corrected chi connectivity index (χ1v) is 5.60. The van der Waals surface area contributed by atoms with Crippen LogP contribution in [0.3, 0.4) is 0 Å². The molecule has 1 aromatic rings. The lowest BCUT2D eigenvalue weighted by Gasteiger charge is -2.19. The van der Waals surface area contributed by atoms with Crippen LogP contribution >= 0.6 is 0 Å². The quantitative estimate of drug-likeness (QED) is 0.800. The molecular weight excluding hydrogens is 221 g/mol. The van der Waals surface area contributed by atoms with Gasteiger partial charge in [-0.3, -0.25) is 4.79 Å². The van der Waals surface area contributed by atoms with Gasteiger partial charge >= 0.3 is 5.97 Å². The van der Waals surface area contributed by atoms with Crippen LogP contribution in [0.15, 0.2) is 24.3 Å². The van der Waals surface area contributed by atoms with E-state index in [-0.39, 0.29) is 23.7 Å². The van der Waals surface area contributed by atoms with Gasteiger partial charge in [0.15, 0.2) is 0 Å². The lowest BCUT2D eigenvalue weighted by atomic mass is 10.0. The molecule has 0 fully saturated rings. The third kappa shape index (κ3) is 4.15. The van der Waals surface area contributed by atoms with E-state index in [0.717, 1.165) is 5.56 Å². The number of carbonyl (C=O) groups excluding carboxylic acids is 1. The van der Waals surface area contributed by atoms with Crippen LogP contribution in [0.25, 0.3) is 0 Å². The van der Waals surface area contributed by atoms with Crippen molar-refractivity contribution in [3.63, 3.8) is 0 Å². The summed E-state index contributed by atoms with van der Waals surface area (Å²) >= 11 is 0. The van der Waals surface area contributed by atoms with Gasteiger partial charge < -0.3 is 10.1 Å². The highest BCUT2D eigenvalue weighted by Gasteiger charge is 2.21. The van der Waals surface area contributed by atoms with Gasteiger partial charge in [0.2, 0.25) is 0 Å². The molecule has 0 radical (unpaired) electrons. The van der Waals surface area contributed by atoms with Crippen molar-refractivity contribution in [3.05, 3.63) is 35.6 Å². The van der Waals surface area contributed by atoms with Crippen LogP contribution < -0.4 is 5.32 Å². The number of halogens is 1. The number of ether oxygens (including phenoxy) is 1. The highest BCUT2D eigenvalue weighted by Crippen LogP contribution is 2.07. The first-order chi connectivity index (χ1) is 8.04. The molecule has 1 atom stereocenters. The molecule has 0 heterocycles. The van der Waals surface area contributed by atoms with Crippen LogP contribution in [0, 0.1) is 11.7 Å². The van der Waals surface area contributed by atoms with Crippen molar-refractivity contribution in [2.45, 2.75) is 26.4 Å². The highest BCUT2D eigenvalue weighted by atomic mass is 19.1. The molecule has 1 aromatic carbocycles. The number of hydrogen-bond donors (Lipinski definition) is 1. The maximum atomic E-state index is 13.0. The lowest BCUT2D eigenvalue weighted by Crippen LogP contribution is -2.41. The fourth-order valence-corrected chi connectivity index (χ4v) is 1.59. The fraction of sp³-hybridized carbons (Fsp3) is 0.462. The average molecular weight is 239 g/mol. The van der Waals surface area contributed by atoms with Gasteiger partial charge in [-0.05, 0) is 23.6 Å². The maximum Gasteiger partial charge on any atom is 0.323 e. The molecule has 0 aliphatic rings. The molecule has 1 N–H and O–H groups in total. The van der Waals surface area contributed by atoms with Gasteiger partial charge in [0.25, 0.3) is 0 Å². The molecule has 0 saturated heterocycles. The summed E-state index contributed by atoms with van der Waals surface area (Å²) in [5, 5.41) is 3.07. The lowest BCUT2D eigenvalue weighted by molar-refractivity contribution is -0.144. The molecule has 0 aliphatic carbocycles. The van der Waals surface area contributed by atoms with Gasteiger partial charge in [0.1, 0.15) is 11.9 Å². The number of nitrogens with one attached hydrogen (secondary N) is 1. The third-order valence-electron chi connectivity index (χ3n) is 2.54. The Balaban J connectivity index is 2.61. The second-order valence-corrected chi connectivity index (χ2v) is 4.26. The normalized spacial score (nSPS) is 12.5. The molecule has 0 saturated carbocycles. The van der Waals surface area contributed by atoms with Gasteiger partial charge in [-0.1, -0.05) is 26.0 Å². The molecule has 3 nitrogen and oxygen atoms in total. The van der Waals surface area contributed by atoms with Crippen LogP contribution in [-0.4, -0.2) is 19.1 Å². The van der Waals surface area contributed by atoms with Crippen LogP contribution in [0.4, 0.5) is 4.39 Å². The third-order valence-corrected chi connectivity index (χ3v) is 2.54. The zero-order valence-corrected chi connectivity index (χ0v) is 10.4. The Morgan fingerprint density at radius 3 is 2.71 bits per heavy atom. The summed E-state index contributed by atoms with van der Waals surface area (Å²) in [6.07, 6.45) is 0. The summed E-state index contributed by atoms with van der Waals surface area (Å²) in [5.41, 5.74) is 0.805. The Kier molecular flexibility index (Phi) is 5.10. The number of carbonyl (C=O) groups is 1. The smallest absolute Gasteiger partial charge is 0.323 e. The van der Waals surface area contributed by atoms with Crippen molar-refractivity contribution in [2.75, 3.05) is 7.11 Å². The van der Waals surface area contributed by atoms with Crippen LogP contribution in [0.1, 0.15) is 19.4 Å². The Labute approximate surface area is 101 Å². The standard InChI is InChI=1S/C13H18FNO2/c1-9(2)12(13(16)17-3)15-8-10-5-4-6-11(14)7-10/h4-7,9,12,15H,8H2,1-3H3/t12-/m1/s1. The van der Waals surface area contributed by atoms with Gasteiger partial charge in [0.05, 0.1) is 7.11 Å². The van der Waals surface area contributed by atoms with Crippen LogP contribution in [0.5, 0.6) is 0 Å². The molecule has 94 valence electrons. The number of rotatable bonds is 5. The molecule has 17 heavy (non-hydrogen) atoms. The number of methoxy groups -OCH3 is 1. The molecule has 4 heteroatoms.